The van der Waals surface area contributed by atoms with Crippen molar-refractivity contribution < 1.29 is 9.47 Å². The summed E-state index contributed by atoms with van der Waals surface area (Å²) in [6, 6.07) is 14.0. The number of rotatable bonds is 8. The van der Waals surface area contributed by atoms with Gasteiger partial charge in [-0.25, -0.2) is 0 Å². The maximum absolute atomic E-state index is 5.88. The van der Waals surface area contributed by atoms with Crippen molar-refractivity contribution in [3.05, 3.63) is 48.0 Å². The van der Waals surface area contributed by atoms with Crippen LogP contribution in [0.2, 0.25) is 0 Å². The first-order chi connectivity index (χ1) is 13.2. The van der Waals surface area contributed by atoms with Gasteiger partial charge in [0.05, 0.1) is 18.9 Å². The molecular formula is C23H32N2O2. The Balaban J connectivity index is 1.37. The minimum Gasteiger partial charge on any atom is -0.493 e. The number of hydrogen-bond donors (Lipinski definition) is 2. The highest BCUT2D eigenvalue weighted by Gasteiger charge is 2.21. The first-order valence-electron chi connectivity index (χ1n) is 10.2. The van der Waals surface area contributed by atoms with Crippen molar-refractivity contribution in [1.82, 2.24) is 0 Å². The summed E-state index contributed by atoms with van der Waals surface area (Å²) in [5, 5.41) is 0. The molecule has 0 radical (unpaired) electrons. The third-order valence-corrected chi connectivity index (χ3v) is 5.62. The van der Waals surface area contributed by atoms with Crippen molar-refractivity contribution in [2.45, 2.75) is 51.4 Å². The van der Waals surface area contributed by atoms with E-state index in [1.807, 2.05) is 0 Å². The molecule has 0 unspecified atom stereocenters. The van der Waals surface area contributed by atoms with E-state index in [1.165, 1.54) is 37.7 Å². The fourth-order valence-electron chi connectivity index (χ4n) is 3.87. The molecule has 0 saturated heterocycles. The summed E-state index contributed by atoms with van der Waals surface area (Å²) in [4.78, 5) is 0. The van der Waals surface area contributed by atoms with Crippen LogP contribution in [0.4, 0.5) is 11.4 Å². The van der Waals surface area contributed by atoms with E-state index in [9.17, 15) is 0 Å². The molecule has 2 aromatic carbocycles. The van der Waals surface area contributed by atoms with Crippen molar-refractivity contribution >= 4 is 11.4 Å². The van der Waals surface area contributed by atoms with Gasteiger partial charge in [-0.05, 0) is 73.4 Å². The third-order valence-electron chi connectivity index (χ3n) is 5.62. The second-order valence-electron chi connectivity index (χ2n) is 7.54. The van der Waals surface area contributed by atoms with Gasteiger partial charge in [0.2, 0.25) is 0 Å². The molecule has 4 N–H and O–H groups in total. The Hall–Kier alpha value is -2.36. The number of nitrogen functional groups attached to an aromatic ring is 2. The third kappa shape index (κ3) is 5.56. The zero-order valence-corrected chi connectivity index (χ0v) is 16.3. The molecule has 3 rings (SSSR count). The maximum Gasteiger partial charge on any atom is 0.142 e. The molecule has 2 aromatic rings. The first kappa shape index (κ1) is 19.4. The van der Waals surface area contributed by atoms with Crippen LogP contribution in [0, 0.1) is 5.92 Å². The van der Waals surface area contributed by atoms with Gasteiger partial charge in [0.25, 0.3) is 0 Å². The minimum atomic E-state index is 0.562. The SMILES string of the molecule is CCC1CCC(c2ccc(OCCCOc3ccc(N)cc3N)cc2)CC1. The van der Waals surface area contributed by atoms with Crippen LogP contribution in [-0.4, -0.2) is 13.2 Å². The lowest BCUT2D eigenvalue weighted by Crippen LogP contribution is -2.12. The lowest BCUT2D eigenvalue weighted by molar-refractivity contribution is 0.248. The fourth-order valence-corrected chi connectivity index (χ4v) is 3.87. The predicted octanol–water partition coefficient (Wildman–Crippen LogP) is 5.38. The molecule has 0 amide bonds. The van der Waals surface area contributed by atoms with Gasteiger partial charge in [0.15, 0.2) is 0 Å². The molecule has 4 heteroatoms. The van der Waals surface area contributed by atoms with E-state index in [2.05, 4.69) is 31.2 Å². The van der Waals surface area contributed by atoms with Crippen LogP contribution >= 0.6 is 0 Å². The van der Waals surface area contributed by atoms with E-state index < -0.39 is 0 Å². The van der Waals surface area contributed by atoms with Gasteiger partial charge in [0, 0.05) is 12.1 Å². The number of benzene rings is 2. The molecule has 27 heavy (non-hydrogen) atoms. The molecule has 0 aliphatic heterocycles. The van der Waals surface area contributed by atoms with Gasteiger partial charge < -0.3 is 20.9 Å². The number of hydrogen-bond acceptors (Lipinski definition) is 4. The Morgan fingerprint density at radius 3 is 2.26 bits per heavy atom. The highest BCUT2D eigenvalue weighted by atomic mass is 16.5. The quantitative estimate of drug-likeness (QED) is 0.484. The molecule has 0 bridgehead atoms. The summed E-state index contributed by atoms with van der Waals surface area (Å²) in [5.74, 6) is 3.26. The van der Waals surface area contributed by atoms with E-state index in [0.717, 1.165) is 24.0 Å². The van der Waals surface area contributed by atoms with Gasteiger partial charge in [-0.3, -0.25) is 0 Å². The second-order valence-corrected chi connectivity index (χ2v) is 7.54. The standard InChI is InChI=1S/C23H32N2O2/c1-2-17-4-6-18(7-5-17)19-8-11-21(12-9-19)26-14-3-15-27-23-13-10-20(24)16-22(23)25/h8-13,16-18H,2-7,14-15,24-25H2,1H3. The Labute approximate surface area is 162 Å². The molecular weight excluding hydrogens is 336 g/mol. The van der Waals surface area contributed by atoms with Crippen molar-refractivity contribution in [2.75, 3.05) is 24.7 Å². The molecule has 1 saturated carbocycles. The van der Waals surface area contributed by atoms with E-state index >= 15 is 0 Å². The van der Waals surface area contributed by atoms with E-state index in [4.69, 9.17) is 20.9 Å². The smallest absolute Gasteiger partial charge is 0.142 e. The first-order valence-corrected chi connectivity index (χ1v) is 10.2. The summed E-state index contributed by atoms with van der Waals surface area (Å²) in [6.45, 7) is 3.50. The van der Waals surface area contributed by atoms with Gasteiger partial charge in [0.1, 0.15) is 11.5 Å². The molecule has 1 fully saturated rings. The molecule has 0 aromatic heterocycles. The molecule has 0 spiro atoms. The summed E-state index contributed by atoms with van der Waals surface area (Å²) in [5.41, 5.74) is 14.2. The lowest BCUT2D eigenvalue weighted by Gasteiger charge is -2.28. The molecule has 1 aliphatic carbocycles. The van der Waals surface area contributed by atoms with Crippen LogP contribution in [0.3, 0.4) is 0 Å². The monoisotopic (exact) mass is 368 g/mol. The molecule has 1 aliphatic rings. The predicted molar refractivity (Wildman–Crippen MR) is 112 cm³/mol. The van der Waals surface area contributed by atoms with Crippen LogP contribution < -0.4 is 20.9 Å². The van der Waals surface area contributed by atoms with Crippen LogP contribution in [0.15, 0.2) is 42.5 Å². The highest BCUT2D eigenvalue weighted by Crippen LogP contribution is 2.37. The molecule has 146 valence electrons. The van der Waals surface area contributed by atoms with Crippen molar-refractivity contribution in [2.24, 2.45) is 5.92 Å². The Bertz CT molecular complexity index is 707. The molecule has 4 nitrogen and oxygen atoms in total. The van der Waals surface area contributed by atoms with Crippen molar-refractivity contribution in [3.8, 4) is 11.5 Å². The van der Waals surface area contributed by atoms with Crippen LogP contribution in [0.1, 0.15) is 56.9 Å². The summed E-state index contributed by atoms with van der Waals surface area (Å²) < 4.78 is 11.5. The molecule has 0 atom stereocenters. The summed E-state index contributed by atoms with van der Waals surface area (Å²) >= 11 is 0. The number of anilines is 2. The van der Waals surface area contributed by atoms with Crippen molar-refractivity contribution in [3.63, 3.8) is 0 Å². The average Bonchev–Trinajstić information content (AvgIpc) is 2.70. The number of nitrogens with two attached hydrogens (primary N) is 2. The van der Waals surface area contributed by atoms with Gasteiger partial charge in [-0.2, -0.15) is 0 Å². The highest BCUT2D eigenvalue weighted by molar-refractivity contribution is 5.60. The van der Waals surface area contributed by atoms with Crippen LogP contribution in [0.5, 0.6) is 11.5 Å². The number of ether oxygens (including phenoxy) is 2. The Morgan fingerprint density at radius 1 is 0.889 bits per heavy atom. The van der Waals surface area contributed by atoms with Crippen LogP contribution in [-0.2, 0) is 0 Å². The average molecular weight is 369 g/mol. The van der Waals surface area contributed by atoms with Gasteiger partial charge >= 0.3 is 0 Å². The Kier molecular flexibility index (Phi) is 6.86. The Morgan fingerprint density at radius 2 is 1.59 bits per heavy atom. The summed E-state index contributed by atoms with van der Waals surface area (Å²) in [7, 11) is 0. The molecule has 0 heterocycles. The van der Waals surface area contributed by atoms with Crippen LogP contribution in [0.25, 0.3) is 0 Å². The second kappa shape index (κ2) is 9.54. The van der Waals surface area contributed by atoms with Gasteiger partial charge in [-0.1, -0.05) is 25.5 Å². The lowest BCUT2D eigenvalue weighted by atomic mass is 9.78. The fraction of sp³-hybridized carbons (Fsp3) is 0.478. The van der Waals surface area contributed by atoms with E-state index in [1.54, 1.807) is 18.2 Å². The minimum absolute atomic E-state index is 0.562. The van der Waals surface area contributed by atoms with Crippen molar-refractivity contribution in [1.29, 1.82) is 0 Å². The zero-order valence-electron chi connectivity index (χ0n) is 16.3. The normalized spacial score (nSPS) is 19.6. The summed E-state index contributed by atoms with van der Waals surface area (Å²) in [6.07, 6.45) is 7.52. The largest absolute Gasteiger partial charge is 0.493 e. The van der Waals surface area contributed by atoms with Gasteiger partial charge in [-0.15, -0.1) is 0 Å². The topological polar surface area (TPSA) is 70.5 Å². The van der Waals surface area contributed by atoms with E-state index in [0.29, 0.717) is 30.3 Å². The zero-order chi connectivity index (χ0) is 19.1. The maximum atomic E-state index is 5.88. The van der Waals surface area contributed by atoms with E-state index in [-0.39, 0.29) is 0 Å².